The number of piperazine rings is 1. The number of rotatable bonds is 1. The Bertz CT molecular complexity index is 422. The van der Waals surface area contributed by atoms with Crippen LogP contribution in [0.4, 0.5) is 0 Å². The molecule has 0 radical (unpaired) electrons. The van der Waals surface area contributed by atoms with E-state index in [-0.39, 0.29) is 0 Å². The summed E-state index contributed by atoms with van der Waals surface area (Å²) in [6.07, 6.45) is 2.49. The summed E-state index contributed by atoms with van der Waals surface area (Å²) in [5.74, 6) is 0. The maximum absolute atomic E-state index is 3.69. The average Bonchev–Trinajstić information content (AvgIpc) is 2.81. The van der Waals surface area contributed by atoms with Gasteiger partial charge in [-0.05, 0) is 29.4 Å². The van der Waals surface area contributed by atoms with Crippen LogP contribution in [0.15, 0.2) is 24.3 Å². The van der Waals surface area contributed by atoms with Crippen molar-refractivity contribution in [3.05, 3.63) is 35.4 Å². The van der Waals surface area contributed by atoms with Gasteiger partial charge in [0.25, 0.3) is 0 Å². The van der Waals surface area contributed by atoms with Gasteiger partial charge in [0.05, 0.1) is 0 Å². The minimum absolute atomic E-state index is 0.351. The maximum atomic E-state index is 3.69. The van der Waals surface area contributed by atoms with E-state index in [1.165, 1.54) is 25.9 Å². The molecule has 1 N–H and O–H groups in total. The van der Waals surface area contributed by atoms with Crippen molar-refractivity contribution in [2.45, 2.75) is 45.7 Å². The molecule has 0 bridgehead atoms. The lowest BCUT2D eigenvalue weighted by Crippen LogP contribution is -2.58. The summed E-state index contributed by atoms with van der Waals surface area (Å²) >= 11 is 0. The molecule has 0 spiro atoms. The second-order valence-electron chi connectivity index (χ2n) is 7.20. The van der Waals surface area contributed by atoms with E-state index in [0.29, 0.717) is 11.5 Å². The molecule has 2 aliphatic rings. The van der Waals surface area contributed by atoms with Gasteiger partial charge >= 0.3 is 0 Å². The third-order valence-corrected chi connectivity index (χ3v) is 4.80. The van der Waals surface area contributed by atoms with Crippen molar-refractivity contribution in [3.8, 4) is 0 Å². The summed E-state index contributed by atoms with van der Waals surface area (Å²) < 4.78 is 0. The Hall–Kier alpha value is -0.860. The zero-order valence-corrected chi connectivity index (χ0v) is 12.4. The van der Waals surface area contributed by atoms with Crippen LogP contribution in [0.5, 0.6) is 0 Å². The maximum Gasteiger partial charge on any atom is 0.0244 e. The molecular formula is C17H26N2. The van der Waals surface area contributed by atoms with Crippen molar-refractivity contribution in [3.63, 3.8) is 0 Å². The monoisotopic (exact) mass is 258 g/mol. The molecule has 0 saturated carbocycles. The summed E-state index contributed by atoms with van der Waals surface area (Å²) in [7, 11) is 0. The van der Waals surface area contributed by atoms with E-state index in [0.717, 1.165) is 12.6 Å². The molecule has 1 aliphatic carbocycles. The van der Waals surface area contributed by atoms with Gasteiger partial charge in [0.1, 0.15) is 0 Å². The number of nitrogens with zero attached hydrogens (tertiary/aromatic N) is 1. The number of fused-ring (bicyclic) bond motifs is 1. The van der Waals surface area contributed by atoms with Crippen molar-refractivity contribution in [1.29, 1.82) is 0 Å². The van der Waals surface area contributed by atoms with Crippen LogP contribution < -0.4 is 5.32 Å². The van der Waals surface area contributed by atoms with Gasteiger partial charge in [-0.1, -0.05) is 45.0 Å². The first-order valence-electron chi connectivity index (χ1n) is 7.58. The highest BCUT2D eigenvalue weighted by Gasteiger charge is 2.34. The Labute approximate surface area is 117 Å². The topological polar surface area (TPSA) is 15.3 Å². The van der Waals surface area contributed by atoms with Crippen LogP contribution in [0, 0.1) is 5.41 Å². The fourth-order valence-corrected chi connectivity index (χ4v) is 3.48. The van der Waals surface area contributed by atoms with Gasteiger partial charge < -0.3 is 5.32 Å². The first-order chi connectivity index (χ1) is 9.04. The Morgan fingerprint density at radius 1 is 1.11 bits per heavy atom. The normalized spacial score (nSPS) is 25.5. The van der Waals surface area contributed by atoms with Crippen LogP contribution in [-0.2, 0) is 12.8 Å². The summed E-state index contributed by atoms with van der Waals surface area (Å²) in [6, 6.07) is 10.3. The van der Waals surface area contributed by atoms with E-state index >= 15 is 0 Å². The Balaban J connectivity index is 1.68. The highest BCUT2D eigenvalue weighted by Crippen LogP contribution is 2.28. The Morgan fingerprint density at radius 2 is 1.74 bits per heavy atom. The smallest absolute Gasteiger partial charge is 0.0244 e. The van der Waals surface area contributed by atoms with Gasteiger partial charge in [0.15, 0.2) is 0 Å². The van der Waals surface area contributed by atoms with E-state index in [2.05, 4.69) is 55.3 Å². The molecule has 1 aliphatic heterocycles. The molecule has 2 nitrogen and oxygen atoms in total. The molecular weight excluding hydrogens is 232 g/mol. The molecule has 2 heteroatoms. The highest BCUT2D eigenvalue weighted by molar-refractivity contribution is 5.33. The van der Waals surface area contributed by atoms with Crippen molar-refractivity contribution < 1.29 is 0 Å². The molecule has 1 atom stereocenters. The molecule has 1 heterocycles. The third-order valence-electron chi connectivity index (χ3n) is 4.80. The van der Waals surface area contributed by atoms with Crippen LogP contribution in [0.1, 0.15) is 31.9 Å². The highest BCUT2D eigenvalue weighted by atomic mass is 15.2. The molecule has 19 heavy (non-hydrogen) atoms. The van der Waals surface area contributed by atoms with E-state index < -0.39 is 0 Å². The minimum atomic E-state index is 0.351. The van der Waals surface area contributed by atoms with Crippen molar-refractivity contribution in [2.24, 2.45) is 5.41 Å². The standard InChI is InChI=1S/C17H26N2/c1-17(2,3)16-12-19(9-8-18-16)15-10-13-6-4-5-7-14(13)11-15/h4-7,15-16,18H,8-12H2,1-3H3. The second kappa shape index (κ2) is 4.92. The molecule has 3 rings (SSSR count). The van der Waals surface area contributed by atoms with Gasteiger partial charge in [0.2, 0.25) is 0 Å². The van der Waals surface area contributed by atoms with Gasteiger partial charge in [-0.3, -0.25) is 4.90 Å². The van der Waals surface area contributed by atoms with Gasteiger partial charge in [-0.2, -0.15) is 0 Å². The molecule has 1 aromatic carbocycles. The first kappa shape index (κ1) is 13.1. The fourth-order valence-electron chi connectivity index (χ4n) is 3.48. The fraction of sp³-hybridized carbons (Fsp3) is 0.647. The molecule has 0 amide bonds. The number of hydrogen-bond acceptors (Lipinski definition) is 2. The molecule has 0 aromatic heterocycles. The number of benzene rings is 1. The zero-order chi connectivity index (χ0) is 13.5. The van der Waals surface area contributed by atoms with E-state index in [9.17, 15) is 0 Å². The lowest BCUT2D eigenvalue weighted by molar-refractivity contribution is 0.101. The van der Waals surface area contributed by atoms with E-state index in [1.807, 2.05) is 0 Å². The van der Waals surface area contributed by atoms with Crippen LogP contribution in [0.2, 0.25) is 0 Å². The lowest BCUT2D eigenvalue weighted by Gasteiger charge is -2.43. The van der Waals surface area contributed by atoms with Crippen molar-refractivity contribution in [2.75, 3.05) is 19.6 Å². The number of hydrogen-bond donors (Lipinski definition) is 1. The average molecular weight is 258 g/mol. The van der Waals surface area contributed by atoms with E-state index in [4.69, 9.17) is 0 Å². The van der Waals surface area contributed by atoms with Crippen molar-refractivity contribution >= 4 is 0 Å². The summed E-state index contributed by atoms with van der Waals surface area (Å²) in [5.41, 5.74) is 3.49. The molecule has 1 fully saturated rings. The second-order valence-corrected chi connectivity index (χ2v) is 7.20. The zero-order valence-electron chi connectivity index (χ0n) is 12.4. The molecule has 1 unspecified atom stereocenters. The van der Waals surface area contributed by atoms with E-state index in [1.54, 1.807) is 11.1 Å². The quantitative estimate of drug-likeness (QED) is 0.832. The molecule has 1 saturated heterocycles. The summed E-state index contributed by atoms with van der Waals surface area (Å²) in [4.78, 5) is 2.71. The lowest BCUT2D eigenvalue weighted by atomic mass is 9.85. The van der Waals surface area contributed by atoms with Gasteiger partial charge in [0, 0.05) is 31.7 Å². The predicted octanol–water partition coefficient (Wildman–Crippen LogP) is 2.47. The van der Waals surface area contributed by atoms with Crippen molar-refractivity contribution in [1.82, 2.24) is 10.2 Å². The first-order valence-corrected chi connectivity index (χ1v) is 7.58. The Morgan fingerprint density at radius 3 is 2.32 bits per heavy atom. The van der Waals surface area contributed by atoms with Gasteiger partial charge in [-0.15, -0.1) is 0 Å². The summed E-state index contributed by atoms with van der Waals surface area (Å²) in [5, 5.41) is 3.69. The van der Waals surface area contributed by atoms with Crippen LogP contribution in [0.25, 0.3) is 0 Å². The molecule has 1 aromatic rings. The largest absolute Gasteiger partial charge is 0.311 e. The third kappa shape index (κ3) is 2.70. The summed E-state index contributed by atoms with van der Waals surface area (Å²) in [6.45, 7) is 10.6. The predicted molar refractivity (Wildman–Crippen MR) is 80.5 cm³/mol. The van der Waals surface area contributed by atoms with Gasteiger partial charge in [-0.25, -0.2) is 0 Å². The van der Waals surface area contributed by atoms with Crippen LogP contribution >= 0.6 is 0 Å². The molecule has 104 valence electrons. The minimum Gasteiger partial charge on any atom is -0.311 e. The number of nitrogens with one attached hydrogen (secondary N) is 1. The van der Waals surface area contributed by atoms with Crippen LogP contribution in [0.3, 0.4) is 0 Å². The SMILES string of the molecule is CC(C)(C)C1CN(C2Cc3ccccc3C2)CCN1. The van der Waals surface area contributed by atoms with Crippen LogP contribution in [-0.4, -0.2) is 36.6 Å². The Kier molecular flexibility index (Phi) is 3.40.